The summed E-state index contributed by atoms with van der Waals surface area (Å²) in [6.07, 6.45) is 4.47. The van der Waals surface area contributed by atoms with E-state index in [1.807, 2.05) is 18.2 Å². The van der Waals surface area contributed by atoms with E-state index in [9.17, 15) is 9.59 Å². The fourth-order valence-electron chi connectivity index (χ4n) is 2.33. The van der Waals surface area contributed by atoms with Crippen molar-refractivity contribution in [3.05, 3.63) is 64.7 Å². The van der Waals surface area contributed by atoms with Crippen molar-refractivity contribution >= 4 is 29.2 Å². The molecule has 3 aromatic rings. The quantitative estimate of drug-likeness (QED) is 0.727. The van der Waals surface area contributed by atoms with E-state index in [1.165, 1.54) is 17.1 Å². The molecule has 2 aromatic heterocycles. The molecule has 0 radical (unpaired) electrons. The van der Waals surface area contributed by atoms with Crippen LogP contribution in [0.1, 0.15) is 26.4 Å². The normalized spacial score (nSPS) is 10.6. The van der Waals surface area contributed by atoms with Gasteiger partial charge >= 0.3 is 5.97 Å². The number of carboxylic acids is 1. The molecule has 0 spiro atoms. The van der Waals surface area contributed by atoms with Gasteiger partial charge in [0.15, 0.2) is 5.69 Å². The molecule has 0 atom stereocenters. The van der Waals surface area contributed by atoms with Gasteiger partial charge in [0, 0.05) is 24.5 Å². The first-order valence-electron chi connectivity index (χ1n) is 7.28. The predicted octanol–water partition coefficient (Wildman–Crippen LogP) is 2.27. The largest absolute Gasteiger partial charge is 0.476 e. The van der Waals surface area contributed by atoms with Crippen LogP contribution >= 0.6 is 11.6 Å². The Morgan fingerprint density at radius 1 is 1.28 bits per heavy atom. The third-order valence-corrected chi connectivity index (χ3v) is 3.83. The van der Waals surface area contributed by atoms with Gasteiger partial charge in [0.1, 0.15) is 0 Å². The lowest BCUT2D eigenvalue weighted by Gasteiger charge is -2.04. The molecule has 0 aliphatic heterocycles. The van der Waals surface area contributed by atoms with Gasteiger partial charge in [-0.15, -0.1) is 0 Å². The lowest BCUT2D eigenvalue weighted by atomic mass is 10.2. The van der Waals surface area contributed by atoms with E-state index >= 15 is 0 Å². The number of carbonyl (C=O) groups is 2. The van der Waals surface area contributed by atoms with E-state index in [-0.39, 0.29) is 11.3 Å². The summed E-state index contributed by atoms with van der Waals surface area (Å²) in [5, 5.41) is 20.3. The Morgan fingerprint density at radius 3 is 2.76 bits per heavy atom. The van der Waals surface area contributed by atoms with Crippen molar-refractivity contribution in [2.45, 2.75) is 6.54 Å². The van der Waals surface area contributed by atoms with E-state index in [4.69, 9.17) is 16.7 Å². The number of hydrogen-bond donors (Lipinski definition) is 2. The highest BCUT2D eigenvalue weighted by Gasteiger charge is 2.21. The van der Waals surface area contributed by atoms with Crippen LogP contribution in [0.25, 0.3) is 0 Å². The fraction of sp³-hybridized carbons (Fsp3) is 0.125. The second-order valence-electron chi connectivity index (χ2n) is 5.34. The van der Waals surface area contributed by atoms with Crippen molar-refractivity contribution < 1.29 is 14.7 Å². The average molecular weight is 360 g/mol. The second-order valence-corrected chi connectivity index (χ2v) is 5.75. The number of halogens is 1. The van der Waals surface area contributed by atoms with Crippen molar-refractivity contribution in [1.29, 1.82) is 0 Å². The van der Waals surface area contributed by atoms with Crippen LogP contribution in [-0.2, 0) is 13.6 Å². The van der Waals surface area contributed by atoms with E-state index in [2.05, 4.69) is 15.5 Å². The molecule has 0 saturated carbocycles. The zero-order chi connectivity index (χ0) is 18.0. The average Bonchev–Trinajstić information content (AvgIpc) is 3.16. The van der Waals surface area contributed by atoms with Crippen LogP contribution in [0.5, 0.6) is 0 Å². The smallest absolute Gasteiger partial charge is 0.357 e. The number of aromatic carboxylic acids is 1. The fourth-order valence-corrected chi connectivity index (χ4v) is 2.52. The van der Waals surface area contributed by atoms with Gasteiger partial charge in [-0.2, -0.15) is 10.2 Å². The Kier molecular flexibility index (Phi) is 4.53. The number of benzene rings is 1. The molecule has 0 aliphatic rings. The molecule has 8 nitrogen and oxygen atoms in total. The Morgan fingerprint density at radius 2 is 2.04 bits per heavy atom. The molecule has 2 heterocycles. The number of nitrogens with zero attached hydrogens (tertiary/aromatic N) is 4. The minimum atomic E-state index is -1.26. The van der Waals surface area contributed by atoms with Gasteiger partial charge < -0.3 is 10.4 Å². The predicted molar refractivity (Wildman–Crippen MR) is 90.9 cm³/mol. The number of anilines is 1. The molecule has 2 N–H and O–H groups in total. The number of carboxylic acid groups (broad SMARTS) is 1. The molecule has 0 aliphatic carbocycles. The highest BCUT2D eigenvalue weighted by molar-refractivity contribution is 6.31. The summed E-state index contributed by atoms with van der Waals surface area (Å²) in [6.45, 7) is 0.447. The van der Waals surface area contributed by atoms with Gasteiger partial charge in [-0.25, -0.2) is 4.79 Å². The molecule has 3 rings (SSSR count). The van der Waals surface area contributed by atoms with Crippen LogP contribution in [0.15, 0.2) is 42.9 Å². The van der Waals surface area contributed by atoms with Crippen molar-refractivity contribution in [2.75, 3.05) is 5.32 Å². The summed E-state index contributed by atoms with van der Waals surface area (Å²) in [7, 11) is 1.55. The summed E-state index contributed by atoms with van der Waals surface area (Å²) in [5.41, 5.74) is 1.01. The van der Waals surface area contributed by atoms with E-state index in [1.54, 1.807) is 24.0 Å². The van der Waals surface area contributed by atoms with E-state index in [0.29, 0.717) is 17.3 Å². The number of aryl methyl sites for hydroxylation is 1. The van der Waals surface area contributed by atoms with Gasteiger partial charge in [-0.1, -0.05) is 29.8 Å². The Bertz CT molecular complexity index is 947. The van der Waals surface area contributed by atoms with Gasteiger partial charge in [0.25, 0.3) is 5.91 Å². The third kappa shape index (κ3) is 3.69. The van der Waals surface area contributed by atoms with Crippen molar-refractivity contribution in [1.82, 2.24) is 19.6 Å². The molecule has 9 heteroatoms. The summed E-state index contributed by atoms with van der Waals surface area (Å²) in [5.74, 6) is -1.83. The molecule has 0 saturated heterocycles. The molecule has 128 valence electrons. The maximum atomic E-state index is 12.3. The Hall–Kier alpha value is -3.13. The lowest BCUT2D eigenvalue weighted by molar-refractivity contribution is 0.0685. The highest BCUT2D eigenvalue weighted by Crippen LogP contribution is 2.17. The monoisotopic (exact) mass is 359 g/mol. The van der Waals surface area contributed by atoms with Crippen molar-refractivity contribution in [2.24, 2.45) is 7.05 Å². The molecule has 1 amide bonds. The molecule has 0 fully saturated rings. The Balaban J connectivity index is 1.74. The second kappa shape index (κ2) is 6.78. The summed E-state index contributed by atoms with van der Waals surface area (Å²) >= 11 is 6.12. The standard InChI is InChI=1S/C16H14ClN5O3/c1-21-9-12(14(20-21)16(24)25)15(23)19-11-6-18-22(8-11)7-10-4-2-3-5-13(10)17/h2-6,8-9H,7H2,1H3,(H,19,23)(H,24,25). The van der Waals surface area contributed by atoms with Gasteiger partial charge in [0.05, 0.1) is 24.0 Å². The molecule has 0 unspecified atom stereocenters. The maximum absolute atomic E-state index is 12.3. The minimum Gasteiger partial charge on any atom is -0.476 e. The van der Waals surface area contributed by atoms with Crippen LogP contribution < -0.4 is 5.32 Å². The number of hydrogen-bond acceptors (Lipinski definition) is 4. The van der Waals surface area contributed by atoms with E-state index in [0.717, 1.165) is 5.56 Å². The van der Waals surface area contributed by atoms with Crippen LogP contribution in [0.4, 0.5) is 5.69 Å². The summed E-state index contributed by atoms with van der Waals surface area (Å²) < 4.78 is 2.90. The Labute approximate surface area is 147 Å². The van der Waals surface area contributed by atoms with Gasteiger partial charge in [-0.3, -0.25) is 14.2 Å². The molecular formula is C16H14ClN5O3. The highest BCUT2D eigenvalue weighted by atomic mass is 35.5. The van der Waals surface area contributed by atoms with Crippen LogP contribution in [-0.4, -0.2) is 36.5 Å². The zero-order valence-corrected chi connectivity index (χ0v) is 13.9. The number of aromatic nitrogens is 4. The van der Waals surface area contributed by atoms with Crippen LogP contribution in [0, 0.1) is 0 Å². The SMILES string of the molecule is Cn1cc(C(=O)Nc2cnn(Cc3ccccc3Cl)c2)c(C(=O)O)n1. The van der Waals surface area contributed by atoms with E-state index < -0.39 is 11.9 Å². The van der Waals surface area contributed by atoms with Crippen molar-refractivity contribution in [3.63, 3.8) is 0 Å². The minimum absolute atomic E-state index is 0.0196. The number of amides is 1. The molecule has 1 aromatic carbocycles. The van der Waals surface area contributed by atoms with Gasteiger partial charge in [0.2, 0.25) is 0 Å². The molecule has 25 heavy (non-hydrogen) atoms. The third-order valence-electron chi connectivity index (χ3n) is 3.46. The number of carbonyl (C=O) groups excluding carboxylic acids is 1. The molecule has 0 bridgehead atoms. The van der Waals surface area contributed by atoms with Crippen LogP contribution in [0.2, 0.25) is 5.02 Å². The first kappa shape index (κ1) is 16.7. The number of nitrogens with one attached hydrogen (secondary N) is 1. The maximum Gasteiger partial charge on any atom is 0.357 e. The summed E-state index contributed by atoms with van der Waals surface area (Å²) in [4.78, 5) is 23.4. The summed E-state index contributed by atoms with van der Waals surface area (Å²) in [6, 6.07) is 7.40. The van der Waals surface area contributed by atoms with Crippen LogP contribution in [0.3, 0.4) is 0 Å². The zero-order valence-electron chi connectivity index (χ0n) is 13.2. The van der Waals surface area contributed by atoms with Gasteiger partial charge in [-0.05, 0) is 11.6 Å². The molecular weight excluding hydrogens is 346 g/mol. The topological polar surface area (TPSA) is 102 Å². The first-order chi connectivity index (χ1) is 11.9. The lowest BCUT2D eigenvalue weighted by Crippen LogP contribution is -2.15. The number of rotatable bonds is 5. The first-order valence-corrected chi connectivity index (χ1v) is 7.66. The van der Waals surface area contributed by atoms with Crippen molar-refractivity contribution in [3.8, 4) is 0 Å².